The largest absolute Gasteiger partial charge is 0.478 e. The molecule has 0 heterocycles. The molecule has 0 saturated carbocycles. The van der Waals surface area contributed by atoms with Gasteiger partial charge < -0.3 is 10.0 Å². The van der Waals surface area contributed by atoms with Crippen molar-refractivity contribution in [3.8, 4) is 0 Å². The van der Waals surface area contributed by atoms with E-state index in [0.29, 0.717) is 0 Å². The Labute approximate surface area is 117 Å². The minimum atomic E-state index is -4.04. The molecule has 1 N–H and O–H groups in total. The monoisotopic (exact) mass is 300 g/mol. The van der Waals surface area contributed by atoms with Gasteiger partial charge in [-0.3, -0.25) is 4.79 Å². The molecule has 0 spiro atoms. The van der Waals surface area contributed by atoms with Crippen molar-refractivity contribution in [2.24, 2.45) is 0 Å². The number of carbonyl (C=O) groups is 2. The Kier molecular flexibility index (Phi) is 4.85. The second-order valence-corrected chi connectivity index (χ2v) is 6.36. The van der Waals surface area contributed by atoms with Gasteiger partial charge in [-0.05, 0) is 12.1 Å². The number of aromatic carboxylic acids is 1. The van der Waals surface area contributed by atoms with Crippen LogP contribution in [-0.4, -0.2) is 62.3 Å². The predicted octanol–water partition coefficient (Wildman–Crippen LogP) is 0.0935. The molecule has 0 unspecified atom stereocenters. The standard InChI is InChI=1S/C12H16N2O5S/c1-13(2)11(15)8-14(3)20(18,19)10-7-5-4-6-9(10)12(16)17/h4-7H,8H2,1-3H3,(H,16,17). The molecule has 1 amide bonds. The van der Waals surface area contributed by atoms with Crippen molar-refractivity contribution in [2.45, 2.75) is 4.90 Å². The molecule has 0 atom stereocenters. The maximum Gasteiger partial charge on any atom is 0.337 e. The molecule has 0 radical (unpaired) electrons. The van der Waals surface area contributed by atoms with Crippen LogP contribution in [-0.2, 0) is 14.8 Å². The number of rotatable bonds is 5. The molecule has 0 bridgehead atoms. The van der Waals surface area contributed by atoms with Gasteiger partial charge in [0.25, 0.3) is 0 Å². The molecular formula is C12H16N2O5S. The lowest BCUT2D eigenvalue weighted by molar-refractivity contribution is -0.128. The van der Waals surface area contributed by atoms with Gasteiger partial charge in [-0.1, -0.05) is 12.1 Å². The van der Waals surface area contributed by atoms with E-state index in [2.05, 4.69) is 0 Å². The van der Waals surface area contributed by atoms with Crippen molar-refractivity contribution in [2.75, 3.05) is 27.7 Å². The van der Waals surface area contributed by atoms with Gasteiger partial charge in [0, 0.05) is 21.1 Å². The highest BCUT2D eigenvalue weighted by Gasteiger charge is 2.27. The highest BCUT2D eigenvalue weighted by atomic mass is 32.2. The average molecular weight is 300 g/mol. The minimum Gasteiger partial charge on any atom is -0.478 e. The Balaban J connectivity index is 3.17. The summed E-state index contributed by atoms with van der Waals surface area (Å²) in [6.07, 6.45) is 0. The summed E-state index contributed by atoms with van der Waals surface area (Å²) in [5, 5.41) is 9.02. The molecule has 0 aromatic heterocycles. The summed E-state index contributed by atoms with van der Waals surface area (Å²) in [6.45, 7) is -0.358. The first-order valence-corrected chi connectivity index (χ1v) is 7.10. The first-order valence-electron chi connectivity index (χ1n) is 5.66. The molecule has 0 fully saturated rings. The Morgan fingerprint density at radius 1 is 1.15 bits per heavy atom. The molecule has 1 aromatic rings. The van der Waals surface area contributed by atoms with Crippen molar-refractivity contribution >= 4 is 21.9 Å². The molecule has 1 rings (SSSR count). The first-order chi connectivity index (χ1) is 9.17. The number of hydrogen-bond acceptors (Lipinski definition) is 4. The van der Waals surface area contributed by atoms with Gasteiger partial charge in [0.15, 0.2) is 0 Å². The lowest BCUT2D eigenvalue weighted by Crippen LogP contribution is -2.38. The van der Waals surface area contributed by atoms with Crippen molar-refractivity contribution in [1.82, 2.24) is 9.21 Å². The van der Waals surface area contributed by atoms with E-state index in [0.717, 1.165) is 4.31 Å². The van der Waals surface area contributed by atoms with Crippen LogP contribution < -0.4 is 0 Å². The summed E-state index contributed by atoms with van der Waals surface area (Å²) in [4.78, 5) is 23.5. The molecule has 1 aromatic carbocycles. The van der Waals surface area contributed by atoms with E-state index in [1.165, 1.54) is 50.3 Å². The predicted molar refractivity (Wildman–Crippen MR) is 71.9 cm³/mol. The van der Waals surface area contributed by atoms with Crippen molar-refractivity contribution in [3.63, 3.8) is 0 Å². The Hall–Kier alpha value is -1.93. The van der Waals surface area contributed by atoms with E-state index in [-0.39, 0.29) is 17.0 Å². The number of benzene rings is 1. The van der Waals surface area contributed by atoms with E-state index in [9.17, 15) is 18.0 Å². The summed E-state index contributed by atoms with van der Waals surface area (Å²) in [6, 6.07) is 5.28. The fourth-order valence-electron chi connectivity index (χ4n) is 1.45. The van der Waals surface area contributed by atoms with Crippen LogP contribution in [0.4, 0.5) is 0 Å². The van der Waals surface area contributed by atoms with Crippen LogP contribution in [0.5, 0.6) is 0 Å². The Morgan fingerprint density at radius 3 is 2.20 bits per heavy atom. The normalized spacial score (nSPS) is 11.4. The highest BCUT2D eigenvalue weighted by molar-refractivity contribution is 7.89. The minimum absolute atomic E-state index is 0.323. The number of likely N-dealkylation sites (N-methyl/N-ethyl adjacent to an activating group) is 2. The number of carbonyl (C=O) groups excluding carboxylic acids is 1. The van der Waals surface area contributed by atoms with Gasteiger partial charge in [-0.25, -0.2) is 13.2 Å². The summed E-state index contributed by atoms with van der Waals surface area (Å²) >= 11 is 0. The summed E-state index contributed by atoms with van der Waals surface area (Å²) < 4.78 is 25.4. The number of amides is 1. The van der Waals surface area contributed by atoms with Gasteiger partial charge in [0.1, 0.15) is 0 Å². The zero-order valence-corrected chi connectivity index (χ0v) is 12.2. The van der Waals surface area contributed by atoms with Gasteiger partial charge in [0.05, 0.1) is 17.0 Å². The number of nitrogens with zero attached hydrogens (tertiary/aromatic N) is 2. The van der Waals surface area contributed by atoms with Crippen molar-refractivity contribution in [1.29, 1.82) is 0 Å². The van der Waals surface area contributed by atoms with Gasteiger partial charge in [-0.15, -0.1) is 0 Å². The molecule has 20 heavy (non-hydrogen) atoms. The third-order valence-corrected chi connectivity index (χ3v) is 4.52. The zero-order valence-electron chi connectivity index (χ0n) is 11.4. The Morgan fingerprint density at radius 2 is 1.70 bits per heavy atom. The molecule has 0 aliphatic carbocycles. The van der Waals surface area contributed by atoms with Crippen LogP contribution in [0.1, 0.15) is 10.4 Å². The molecule has 0 saturated heterocycles. The first kappa shape index (κ1) is 16.1. The fraction of sp³-hybridized carbons (Fsp3) is 0.333. The van der Waals surface area contributed by atoms with Crippen LogP contribution in [0, 0.1) is 0 Å². The van der Waals surface area contributed by atoms with Gasteiger partial charge in [0.2, 0.25) is 15.9 Å². The second kappa shape index (κ2) is 6.02. The summed E-state index contributed by atoms with van der Waals surface area (Å²) in [7, 11) is 0.209. The molecule has 8 heteroatoms. The third-order valence-electron chi connectivity index (χ3n) is 2.66. The summed E-state index contributed by atoms with van der Waals surface area (Å²) in [5.41, 5.74) is -0.323. The lowest BCUT2D eigenvalue weighted by Gasteiger charge is -2.19. The molecule has 0 aliphatic rings. The number of sulfonamides is 1. The van der Waals surface area contributed by atoms with E-state index >= 15 is 0 Å². The molecule has 110 valence electrons. The number of carboxylic acids is 1. The lowest BCUT2D eigenvalue weighted by atomic mass is 10.2. The second-order valence-electron chi connectivity index (χ2n) is 4.35. The van der Waals surface area contributed by atoms with Crippen LogP contribution in [0.25, 0.3) is 0 Å². The maximum atomic E-state index is 12.3. The molecule has 7 nitrogen and oxygen atoms in total. The third kappa shape index (κ3) is 3.34. The molecular weight excluding hydrogens is 284 g/mol. The highest BCUT2D eigenvalue weighted by Crippen LogP contribution is 2.19. The summed E-state index contributed by atoms with van der Waals surface area (Å²) in [5.74, 6) is -1.74. The van der Waals surface area contributed by atoms with Crippen molar-refractivity contribution < 1.29 is 23.1 Å². The fourth-order valence-corrected chi connectivity index (χ4v) is 2.75. The topological polar surface area (TPSA) is 95.0 Å². The van der Waals surface area contributed by atoms with E-state index in [1.807, 2.05) is 0 Å². The number of hydrogen-bond donors (Lipinski definition) is 1. The van der Waals surface area contributed by atoms with Crippen LogP contribution >= 0.6 is 0 Å². The SMILES string of the molecule is CN(C)C(=O)CN(C)S(=O)(=O)c1ccccc1C(=O)O. The van der Waals surface area contributed by atoms with Crippen LogP contribution in [0.2, 0.25) is 0 Å². The molecule has 0 aliphatic heterocycles. The van der Waals surface area contributed by atoms with Crippen LogP contribution in [0.15, 0.2) is 29.2 Å². The number of carboxylic acid groups (broad SMARTS) is 1. The van der Waals surface area contributed by atoms with Gasteiger partial charge in [-0.2, -0.15) is 4.31 Å². The quantitative estimate of drug-likeness (QED) is 0.831. The maximum absolute atomic E-state index is 12.3. The van der Waals surface area contributed by atoms with Gasteiger partial charge >= 0.3 is 5.97 Å². The average Bonchev–Trinajstić information content (AvgIpc) is 2.38. The van der Waals surface area contributed by atoms with Crippen LogP contribution in [0.3, 0.4) is 0 Å². The van der Waals surface area contributed by atoms with Crippen molar-refractivity contribution in [3.05, 3.63) is 29.8 Å². The Bertz CT molecular complexity index is 624. The van der Waals surface area contributed by atoms with E-state index < -0.39 is 21.9 Å². The smallest absolute Gasteiger partial charge is 0.337 e. The zero-order chi connectivity index (χ0) is 15.5. The van der Waals surface area contributed by atoms with E-state index in [1.54, 1.807) is 0 Å². The van der Waals surface area contributed by atoms with E-state index in [4.69, 9.17) is 5.11 Å².